The molecule has 0 saturated carbocycles. The van der Waals surface area contributed by atoms with Crippen molar-refractivity contribution in [1.29, 1.82) is 0 Å². The molecule has 2 rings (SSSR count). The van der Waals surface area contributed by atoms with Crippen LogP contribution in [0, 0.1) is 20.8 Å². The van der Waals surface area contributed by atoms with E-state index in [1.165, 1.54) is 11.1 Å². The predicted octanol–water partition coefficient (Wildman–Crippen LogP) is 2.26. The number of rotatable bonds is 2. The summed E-state index contributed by atoms with van der Waals surface area (Å²) in [6, 6.07) is 6.41. The van der Waals surface area contributed by atoms with Crippen LogP contribution in [0.25, 0.3) is 5.69 Å². The maximum absolute atomic E-state index is 5.59. The van der Waals surface area contributed by atoms with Crippen LogP contribution in [0.2, 0.25) is 0 Å². The molecular formula is C13H17N3. The minimum absolute atomic E-state index is 0.485. The molecule has 84 valence electrons. The van der Waals surface area contributed by atoms with E-state index < -0.39 is 0 Å². The average Bonchev–Trinajstić information content (AvgIpc) is 2.64. The Kier molecular flexibility index (Phi) is 2.79. The quantitative estimate of drug-likeness (QED) is 0.835. The van der Waals surface area contributed by atoms with Crippen molar-refractivity contribution in [3.05, 3.63) is 47.0 Å². The summed E-state index contributed by atoms with van der Waals surface area (Å²) in [7, 11) is 0. The van der Waals surface area contributed by atoms with E-state index in [1.807, 2.05) is 13.1 Å². The number of nitrogens with two attached hydrogens (primary N) is 1. The number of aryl methyl sites for hydroxylation is 3. The molecule has 0 saturated heterocycles. The summed E-state index contributed by atoms with van der Waals surface area (Å²) < 4.78 is 2.08. The molecule has 1 aromatic heterocycles. The van der Waals surface area contributed by atoms with Crippen LogP contribution in [0.1, 0.15) is 22.6 Å². The molecule has 3 heteroatoms. The van der Waals surface area contributed by atoms with Crippen molar-refractivity contribution in [2.45, 2.75) is 27.3 Å². The van der Waals surface area contributed by atoms with Gasteiger partial charge in [-0.2, -0.15) is 0 Å². The largest absolute Gasteiger partial charge is 0.325 e. The van der Waals surface area contributed by atoms with Crippen molar-refractivity contribution in [1.82, 2.24) is 9.55 Å². The number of hydrogen-bond donors (Lipinski definition) is 1. The van der Waals surface area contributed by atoms with Gasteiger partial charge in [0.15, 0.2) is 0 Å². The van der Waals surface area contributed by atoms with Crippen LogP contribution in [0.4, 0.5) is 0 Å². The highest BCUT2D eigenvalue weighted by molar-refractivity contribution is 5.40. The molecular weight excluding hydrogens is 198 g/mol. The number of benzene rings is 1. The molecule has 16 heavy (non-hydrogen) atoms. The standard InChI is InChI=1S/C13H17N3/c1-9-4-5-13(6-10(9)2)16-8-12(7-14)15-11(16)3/h4-6,8H,7,14H2,1-3H3. The molecule has 0 aliphatic heterocycles. The van der Waals surface area contributed by atoms with Crippen LogP contribution >= 0.6 is 0 Å². The Morgan fingerprint density at radius 1 is 1.19 bits per heavy atom. The summed E-state index contributed by atoms with van der Waals surface area (Å²) in [5.74, 6) is 0.976. The average molecular weight is 215 g/mol. The minimum atomic E-state index is 0.485. The van der Waals surface area contributed by atoms with E-state index in [-0.39, 0.29) is 0 Å². The summed E-state index contributed by atoms with van der Waals surface area (Å²) in [5.41, 5.74) is 10.3. The van der Waals surface area contributed by atoms with Crippen LogP contribution in [-0.4, -0.2) is 9.55 Å². The molecule has 1 aromatic carbocycles. The van der Waals surface area contributed by atoms with E-state index in [4.69, 9.17) is 5.73 Å². The van der Waals surface area contributed by atoms with Gasteiger partial charge in [-0.25, -0.2) is 4.98 Å². The fourth-order valence-corrected chi connectivity index (χ4v) is 1.77. The van der Waals surface area contributed by atoms with Crippen LogP contribution < -0.4 is 5.73 Å². The van der Waals surface area contributed by atoms with E-state index in [0.717, 1.165) is 17.2 Å². The number of aromatic nitrogens is 2. The van der Waals surface area contributed by atoms with E-state index in [2.05, 4.69) is 41.6 Å². The van der Waals surface area contributed by atoms with Crippen LogP contribution in [-0.2, 0) is 6.54 Å². The fraction of sp³-hybridized carbons (Fsp3) is 0.308. The topological polar surface area (TPSA) is 43.8 Å². The molecule has 1 heterocycles. The van der Waals surface area contributed by atoms with Gasteiger partial charge in [0.05, 0.1) is 5.69 Å². The Balaban J connectivity index is 2.49. The van der Waals surface area contributed by atoms with E-state index >= 15 is 0 Å². The van der Waals surface area contributed by atoms with Gasteiger partial charge >= 0.3 is 0 Å². The predicted molar refractivity (Wildman–Crippen MR) is 65.7 cm³/mol. The van der Waals surface area contributed by atoms with Gasteiger partial charge in [0.25, 0.3) is 0 Å². The van der Waals surface area contributed by atoms with Gasteiger partial charge in [0.2, 0.25) is 0 Å². The molecule has 2 N–H and O–H groups in total. The lowest BCUT2D eigenvalue weighted by molar-refractivity contribution is 0.966. The molecule has 0 bridgehead atoms. The SMILES string of the molecule is Cc1ccc(-n2cc(CN)nc2C)cc1C. The maximum Gasteiger partial charge on any atom is 0.110 e. The summed E-state index contributed by atoms with van der Waals surface area (Å²) in [5, 5.41) is 0. The molecule has 0 amide bonds. The number of imidazole rings is 1. The highest BCUT2D eigenvalue weighted by atomic mass is 15.1. The summed E-state index contributed by atoms with van der Waals surface area (Å²) >= 11 is 0. The van der Waals surface area contributed by atoms with Crippen molar-refractivity contribution in [2.75, 3.05) is 0 Å². The first-order valence-electron chi connectivity index (χ1n) is 5.44. The van der Waals surface area contributed by atoms with Gasteiger partial charge in [0.1, 0.15) is 5.82 Å². The van der Waals surface area contributed by atoms with E-state index in [0.29, 0.717) is 6.54 Å². The van der Waals surface area contributed by atoms with Crippen molar-refractivity contribution in [3.63, 3.8) is 0 Å². The lowest BCUT2D eigenvalue weighted by Crippen LogP contribution is -1.96. The minimum Gasteiger partial charge on any atom is -0.325 e. The Labute approximate surface area is 95.9 Å². The van der Waals surface area contributed by atoms with Crippen molar-refractivity contribution in [2.24, 2.45) is 5.73 Å². The Morgan fingerprint density at radius 2 is 1.94 bits per heavy atom. The third kappa shape index (κ3) is 1.86. The second-order valence-electron chi connectivity index (χ2n) is 4.12. The van der Waals surface area contributed by atoms with Gasteiger partial charge in [-0.1, -0.05) is 6.07 Å². The lowest BCUT2D eigenvalue weighted by atomic mass is 10.1. The van der Waals surface area contributed by atoms with Crippen molar-refractivity contribution >= 4 is 0 Å². The first kappa shape index (κ1) is 10.9. The van der Waals surface area contributed by atoms with Gasteiger partial charge < -0.3 is 10.3 Å². The normalized spacial score (nSPS) is 10.8. The zero-order chi connectivity index (χ0) is 11.7. The fourth-order valence-electron chi connectivity index (χ4n) is 1.77. The first-order valence-corrected chi connectivity index (χ1v) is 5.44. The molecule has 0 aliphatic rings. The second-order valence-corrected chi connectivity index (χ2v) is 4.12. The van der Waals surface area contributed by atoms with Crippen LogP contribution in [0.3, 0.4) is 0 Å². The van der Waals surface area contributed by atoms with Gasteiger partial charge in [0, 0.05) is 18.4 Å². The third-order valence-electron chi connectivity index (χ3n) is 2.91. The number of hydrogen-bond acceptors (Lipinski definition) is 2. The molecule has 0 unspecified atom stereocenters. The van der Waals surface area contributed by atoms with Gasteiger partial charge in [-0.15, -0.1) is 0 Å². The third-order valence-corrected chi connectivity index (χ3v) is 2.91. The van der Waals surface area contributed by atoms with E-state index in [9.17, 15) is 0 Å². The molecule has 0 spiro atoms. The smallest absolute Gasteiger partial charge is 0.110 e. The summed E-state index contributed by atoms with van der Waals surface area (Å²) in [6.45, 7) is 6.72. The number of nitrogens with zero attached hydrogens (tertiary/aromatic N) is 2. The zero-order valence-electron chi connectivity index (χ0n) is 9.99. The molecule has 0 atom stereocenters. The monoisotopic (exact) mass is 215 g/mol. The van der Waals surface area contributed by atoms with E-state index in [1.54, 1.807) is 0 Å². The Hall–Kier alpha value is -1.61. The summed E-state index contributed by atoms with van der Waals surface area (Å²) in [4.78, 5) is 4.40. The second kappa shape index (κ2) is 4.10. The molecule has 0 fully saturated rings. The summed E-state index contributed by atoms with van der Waals surface area (Å²) in [6.07, 6.45) is 2.00. The highest BCUT2D eigenvalue weighted by Gasteiger charge is 2.05. The van der Waals surface area contributed by atoms with Gasteiger partial charge in [-0.3, -0.25) is 0 Å². The van der Waals surface area contributed by atoms with Crippen LogP contribution in [0.5, 0.6) is 0 Å². The first-order chi connectivity index (χ1) is 7.61. The molecule has 0 radical (unpaired) electrons. The zero-order valence-corrected chi connectivity index (χ0v) is 9.99. The van der Waals surface area contributed by atoms with Crippen molar-refractivity contribution in [3.8, 4) is 5.69 Å². The Morgan fingerprint density at radius 3 is 2.50 bits per heavy atom. The molecule has 3 nitrogen and oxygen atoms in total. The molecule has 2 aromatic rings. The Bertz CT molecular complexity index is 512. The van der Waals surface area contributed by atoms with Crippen molar-refractivity contribution < 1.29 is 0 Å². The van der Waals surface area contributed by atoms with Crippen LogP contribution in [0.15, 0.2) is 24.4 Å². The molecule has 0 aliphatic carbocycles. The maximum atomic E-state index is 5.59. The van der Waals surface area contributed by atoms with Gasteiger partial charge in [-0.05, 0) is 44.0 Å². The lowest BCUT2D eigenvalue weighted by Gasteiger charge is -2.07. The highest BCUT2D eigenvalue weighted by Crippen LogP contribution is 2.16.